The number of carbonyl (C=O) groups excluding carboxylic acids is 1. The molecule has 0 aliphatic heterocycles. The summed E-state index contributed by atoms with van der Waals surface area (Å²) < 4.78 is 0. The Kier molecular flexibility index (Phi) is 5.83. The van der Waals surface area contributed by atoms with Gasteiger partial charge in [0.25, 0.3) is 5.91 Å². The van der Waals surface area contributed by atoms with Crippen LogP contribution in [0.15, 0.2) is 24.3 Å². The number of amides is 1. The van der Waals surface area contributed by atoms with Crippen LogP contribution in [0.25, 0.3) is 0 Å². The van der Waals surface area contributed by atoms with Crippen LogP contribution >= 0.6 is 0 Å². The minimum absolute atomic E-state index is 0.00975. The smallest absolute Gasteiger partial charge is 0.251 e. The zero-order valence-electron chi connectivity index (χ0n) is 12.7. The monoisotopic (exact) mass is 284 g/mol. The highest BCUT2D eigenvalue weighted by Gasteiger charge is 2.21. The summed E-state index contributed by atoms with van der Waals surface area (Å²) in [6, 6.07) is 7.64. The standard InChI is InChI=1S/C18H24N2O/c1-14(16-9-3-2-4-10-16)20-18(21)17-11-5-7-15(13-17)8-6-12-19/h5,7,11,13-14,16H,2-4,9-10,12,19H2,1H3,(H,20,21). The first-order valence-electron chi connectivity index (χ1n) is 7.80. The molecule has 3 nitrogen and oxygen atoms in total. The third-order valence-corrected chi connectivity index (χ3v) is 4.18. The van der Waals surface area contributed by atoms with Crippen LogP contribution in [0, 0.1) is 17.8 Å². The molecule has 1 amide bonds. The third kappa shape index (κ3) is 4.61. The van der Waals surface area contributed by atoms with Crippen LogP contribution in [-0.2, 0) is 0 Å². The van der Waals surface area contributed by atoms with E-state index in [0.29, 0.717) is 18.0 Å². The maximum Gasteiger partial charge on any atom is 0.251 e. The van der Waals surface area contributed by atoms with E-state index in [1.54, 1.807) is 0 Å². The predicted octanol–water partition coefficient (Wildman–Crippen LogP) is 2.70. The van der Waals surface area contributed by atoms with Crippen molar-refractivity contribution in [3.8, 4) is 11.8 Å². The minimum atomic E-state index is -0.00975. The van der Waals surface area contributed by atoms with E-state index in [1.165, 1.54) is 32.1 Å². The number of nitrogens with one attached hydrogen (secondary N) is 1. The number of hydrogen-bond acceptors (Lipinski definition) is 2. The molecule has 0 aromatic heterocycles. The van der Waals surface area contributed by atoms with Crippen LogP contribution in [-0.4, -0.2) is 18.5 Å². The summed E-state index contributed by atoms with van der Waals surface area (Å²) in [5.74, 6) is 6.37. The van der Waals surface area contributed by atoms with Gasteiger partial charge >= 0.3 is 0 Å². The summed E-state index contributed by atoms with van der Waals surface area (Å²) in [6.07, 6.45) is 6.36. The molecule has 2 rings (SSSR count). The fraction of sp³-hybridized carbons (Fsp3) is 0.500. The van der Waals surface area contributed by atoms with Crippen LogP contribution in [0.4, 0.5) is 0 Å². The first-order valence-corrected chi connectivity index (χ1v) is 7.80. The fourth-order valence-corrected chi connectivity index (χ4v) is 2.93. The van der Waals surface area contributed by atoms with Crippen molar-refractivity contribution in [2.24, 2.45) is 11.7 Å². The molecule has 1 aliphatic carbocycles. The van der Waals surface area contributed by atoms with E-state index >= 15 is 0 Å². The number of benzene rings is 1. The van der Waals surface area contributed by atoms with Crippen molar-refractivity contribution in [3.63, 3.8) is 0 Å². The lowest BCUT2D eigenvalue weighted by Gasteiger charge is -2.28. The lowest BCUT2D eigenvalue weighted by molar-refractivity contribution is 0.0919. The molecule has 1 saturated carbocycles. The molecule has 3 heteroatoms. The molecule has 0 bridgehead atoms. The average molecular weight is 284 g/mol. The molecule has 0 radical (unpaired) electrons. The predicted molar refractivity (Wildman–Crippen MR) is 85.9 cm³/mol. The van der Waals surface area contributed by atoms with Crippen molar-refractivity contribution in [1.29, 1.82) is 0 Å². The molecule has 1 aromatic rings. The van der Waals surface area contributed by atoms with Gasteiger partial charge in [-0.05, 0) is 43.9 Å². The molecular formula is C18H24N2O. The molecule has 0 saturated heterocycles. The largest absolute Gasteiger partial charge is 0.349 e. The van der Waals surface area contributed by atoms with Gasteiger partial charge in [-0.15, -0.1) is 0 Å². The highest BCUT2D eigenvalue weighted by Crippen LogP contribution is 2.26. The van der Waals surface area contributed by atoms with Crippen molar-refractivity contribution in [2.75, 3.05) is 6.54 Å². The SMILES string of the molecule is CC(NC(=O)c1cccc(C#CCN)c1)C1CCCCC1. The van der Waals surface area contributed by atoms with Crippen molar-refractivity contribution in [3.05, 3.63) is 35.4 Å². The summed E-state index contributed by atoms with van der Waals surface area (Å²) in [6.45, 7) is 2.45. The normalized spacial score (nSPS) is 16.7. The zero-order chi connectivity index (χ0) is 15.1. The second-order valence-corrected chi connectivity index (χ2v) is 5.75. The van der Waals surface area contributed by atoms with Gasteiger partial charge in [0.2, 0.25) is 0 Å². The highest BCUT2D eigenvalue weighted by atomic mass is 16.1. The van der Waals surface area contributed by atoms with E-state index in [1.807, 2.05) is 24.3 Å². The Morgan fingerprint density at radius 2 is 2.14 bits per heavy atom. The van der Waals surface area contributed by atoms with E-state index in [4.69, 9.17) is 5.73 Å². The zero-order valence-corrected chi connectivity index (χ0v) is 12.7. The van der Waals surface area contributed by atoms with Crippen molar-refractivity contribution < 1.29 is 4.79 Å². The Balaban J connectivity index is 1.99. The van der Waals surface area contributed by atoms with E-state index in [-0.39, 0.29) is 11.9 Å². The van der Waals surface area contributed by atoms with Crippen LogP contribution < -0.4 is 11.1 Å². The molecule has 1 aliphatic rings. The molecule has 1 atom stereocenters. The van der Waals surface area contributed by atoms with Gasteiger partial charge in [-0.2, -0.15) is 0 Å². The van der Waals surface area contributed by atoms with E-state index in [2.05, 4.69) is 24.1 Å². The topological polar surface area (TPSA) is 55.1 Å². The molecule has 112 valence electrons. The second-order valence-electron chi connectivity index (χ2n) is 5.75. The first-order chi connectivity index (χ1) is 10.2. The summed E-state index contributed by atoms with van der Waals surface area (Å²) in [7, 11) is 0. The van der Waals surface area contributed by atoms with Crippen molar-refractivity contribution >= 4 is 5.91 Å². The molecule has 21 heavy (non-hydrogen) atoms. The van der Waals surface area contributed by atoms with Crippen LogP contribution in [0.1, 0.15) is 54.9 Å². The summed E-state index contributed by atoms with van der Waals surface area (Å²) >= 11 is 0. The number of rotatable bonds is 3. The Bertz CT molecular complexity index is 536. The van der Waals surface area contributed by atoms with Gasteiger partial charge in [0.1, 0.15) is 0 Å². The lowest BCUT2D eigenvalue weighted by Crippen LogP contribution is -2.38. The third-order valence-electron chi connectivity index (χ3n) is 4.18. The van der Waals surface area contributed by atoms with Crippen LogP contribution in [0.3, 0.4) is 0 Å². The Morgan fingerprint density at radius 1 is 1.38 bits per heavy atom. The van der Waals surface area contributed by atoms with E-state index in [9.17, 15) is 4.79 Å². The number of hydrogen-bond donors (Lipinski definition) is 2. The minimum Gasteiger partial charge on any atom is -0.349 e. The fourth-order valence-electron chi connectivity index (χ4n) is 2.93. The van der Waals surface area contributed by atoms with Gasteiger partial charge in [0.05, 0.1) is 6.54 Å². The Morgan fingerprint density at radius 3 is 2.86 bits per heavy atom. The van der Waals surface area contributed by atoms with Crippen LogP contribution in [0.2, 0.25) is 0 Å². The highest BCUT2D eigenvalue weighted by molar-refractivity contribution is 5.94. The Hall–Kier alpha value is -1.79. The van der Waals surface area contributed by atoms with Gasteiger partial charge in [0, 0.05) is 17.2 Å². The molecule has 0 heterocycles. The summed E-state index contributed by atoms with van der Waals surface area (Å²) in [4.78, 5) is 12.3. The maximum atomic E-state index is 12.3. The van der Waals surface area contributed by atoms with Gasteiger partial charge in [-0.3, -0.25) is 4.79 Å². The molecule has 1 aromatic carbocycles. The lowest BCUT2D eigenvalue weighted by atomic mass is 9.84. The summed E-state index contributed by atoms with van der Waals surface area (Å²) in [5, 5.41) is 3.14. The van der Waals surface area contributed by atoms with Gasteiger partial charge < -0.3 is 11.1 Å². The number of carbonyl (C=O) groups is 1. The van der Waals surface area contributed by atoms with Gasteiger partial charge in [0.15, 0.2) is 0 Å². The van der Waals surface area contributed by atoms with Crippen molar-refractivity contribution in [1.82, 2.24) is 5.32 Å². The molecule has 0 spiro atoms. The number of nitrogens with two attached hydrogens (primary N) is 1. The molecule has 3 N–H and O–H groups in total. The molecule has 1 fully saturated rings. The summed E-state index contributed by atoms with van der Waals surface area (Å²) in [5.41, 5.74) is 6.87. The van der Waals surface area contributed by atoms with E-state index in [0.717, 1.165) is 5.56 Å². The van der Waals surface area contributed by atoms with Crippen molar-refractivity contribution in [2.45, 2.75) is 45.1 Å². The van der Waals surface area contributed by atoms with Crippen LogP contribution in [0.5, 0.6) is 0 Å². The van der Waals surface area contributed by atoms with E-state index < -0.39 is 0 Å². The maximum absolute atomic E-state index is 12.3. The van der Waals surface area contributed by atoms with Gasteiger partial charge in [-0.25, -0.2) is 0 Å². The molecule has 1 unspecified atom stereocenters. The first kappa shape index (κ1) is 15.6. The second kappa shape index (κ2) is 7.85. The molecular weight excluding hydrogens is 260 g/mol. The average Bonchev–Trinajstić information content (AvgIpc) is 2.54. The quantitative estimate of drug-likeness (QED) is 0.839. The van der Waals surface area contributed by atoms with Gasteiger partial charge in [-0.1, -0.05) is 37.2 Å². The Labute approximate surface area is 127 Å².